The van der Waals surface area contributed by atoms with Crippen LogP contribution in [0.4, 0.5) is 5.69 Å². The zero-order valence-corrected chi connectivity index (χ0v) is 12.6. The van der Waals surface area contributed by atoms with Crippen LogP contribution in [0.1, 0.15) is 0 Å². The monoisotopic (exact) mass is 355 g/mol. The van der Waals surface area contributed by atoms with Gasteiger partial charge in [0.05, 0.1) is 0 Å². The van der Waals surface area contributed by atoms with Crippen LogP contribution in [-0.2, 0) is 10.0 Å². The minimum atomic E-state index is -3.75. The lowest BCUT2D eigenvalue weighted by Gasteiger charge is -2.10. The van der Waals surface area contributed by atoms with E-state index >= 15 is 0 Å². The van der Waals surface area contributed by atoms with Gasteiger partial charge in [-0.05, 0) is 45.7 Å². The van der Waals surface area contributed by atoms with E-state index in [0.29, 0.717) is 4.47 Å². The van der Waals surface area contributed by atoms with Crippen molar-refractivity contribution in [3.63, 3.8) is 0 Å². The van der Waals surface area contributed by atoms with E-state index in [-0.39, 0.29) is 16.0 Å². The Bertz CT molecular complexity index is 721. The van der Waals surface area contributed by atoms with Gasteiger partial charge in [-0.15, -0.1) is 0 Å². The standard InChI is InChI=1S/C12H11BBrNO4S/c14-11-6-1-2-7-12(11)20(18,19)15-10-5-3-4-9(8-10)13(16)17/h1-8,15-17H. The van der Waals surface area contributed by atoms with Gasteiger partial charge in [-0.1, -0.05) is 24.3 Å². The second kappa shape index (κ2) is 5.96. The molecule has 0 aliphatic rings. The zero-order chi connectivity index (χ0) is 14.8. The quantitative estimate of drug-likeness (QED) is 0.712. The average Bonchev–Trinajstić information content (AvgIpc) is 2.38. The minimum absolute atomic E-state index is 0.106. The molecule has 2 aromatic carbocycles. The number of halogens is 1. The average molecular weight is 356 g/mol. The Balaban J connectivity index is 2.34. The molecule has 0 amide bonds. The molecule has 0 spiro atoms. The van der Waals surface area contributed by atoms with E-state index in [1.54, 1.807) is 18.2 Å². The Morgan fingerprint density at radius 1 is 1.05 bits per heavy atom. The van der Waals surface area contributed by atoms with Gasteiger partial charge >= 0.3 is 7.12 Å². The molecule has 104 valence electrons. The summed E-state index contributed by atoms with van der Waals surface area (Å²) in [6, 6.07) is 12.3. The van der Waals surface area contributed by atoms with Crippen LogP contribution in [0.3, 0.4) is 0 Å². The molecule has 0 radical (unpaired) electrons. The number of hydrogen-bond donors (Lipinski definition) is 3. The third-order valence-corrected chi connectivity index (χ3v) is 4.96. The lowest BCUT2D eigenvalue weighted by atomic mass is 9.80. The summed E-state index contributed by atoms with van der Waals surface area (Å²) in [6.45, 7) is 0. The van der Waals surface area contributed by atoms with E-state index in [1.165, 1.54) is 30.3 Å². The van der Waals surface area contributed by atoms with Gasteiger partial charge in [0.1, 0.15) is 4.90 Å². The first-order valence-electron chi connectivity index (χ1n) is 5.63. The van der Waals surface area contributed by atoms with E-state index in [2.05, 4.69) is 20.7 Å². The van der Waals surface area contributed by atoms with Gasteiger partial charge in [-0.2, -0.15) is 0 Å². The van der Waals surface area contributed by atoms with Crippen molar-refractivity contribution in [1.82, 2.24) is 0 Å². The molecule has 2 aromatic rings. The van der Waals surface area contributed by atoms with Crippen LogP contribution in [0.15, 0.2) is 57.9 Å². The first kappa shape index (κ1) is 15.1. The smallest absolute Gasteiger partial charge is 0.423 e. The lowest BCUT2D eigenvalue weighted by Crippen LogP contribution is -2.30. The Kier molecular flexibility index (Phi) is 4.49. The summed E-state index contributed by atoms with van der Waals surface area (Å²) in [5, 5.41) is 18.2. The third kappa shape index (κ3) is 3.40. The van der Waals surface area contributed by atoms with Crippen molar-refractivity contribution in [2.75, 3.05) is 4.72 Å². The molecule has 0 aliphatic heterocycles. The van der Waals surface area contributed by atoms with Gasteiger partial charge in [0, 0.05) is 10.2 Å². The Morgan fingerprint density at radius 2 is 1.75 bits per heavy atom. The van der Waals surface area contributed by atoms with Crippen LogP contribution in [0, 0.1) is 0 Å². The molecule has 0 aromatic heterocycles. The van der Waals surface area contributed by atoms with Crippen LogP contribution in [0.25, 0.3) is 0 Å². The summed E-state index contributed by atoms with van der Waals surface area (Å²) in [4.78, 5) is 0.106. The highest BCUT2D eigenvalue weighted by Gasteiger charge is 2.18. The predicted octanol–water partition coefficient (Wildman–Crippen LogP) is 0.930. The third-order valence-electron chi connectivity index (χ3n) is 2.56. The van der Waals surface area contributed by atoms with Crippen LogP contribution < -0.4 is 10.2 Å². The molecule has 20 heavy (non-hydrogen) atoms. The number of nitrogens with one attached hydrogen (secondary N) is 1. The summed E-state index contributed by atoms with van der Waals surface area (Å²) >= 11 is 3.18. The maximum Gasteiger partial charge on any atom is 0.488 e. The lowest BCUT2D eigenvalue weighted by molar-refractivity contribution is 0.426. The molecule has 0 bridgehead atoms. The molecule has 0 atom stereocenters. The highest BCUT2D eigenvalue weighted by molar-refractivity contribution is 9.10. The van der Waals surface area contributed by atoms with Crippen molar-refractivity contribution in [2.45, 2.75) is 4.90 Å². The fraction of sp³-hybridized carbons (Fsp3) is 0. The largest absolute Gasteiger partial charge is 0.488 e. The Hall–Kier alpha value is -1.35. The molecule has 8 heteroatoms. The highest BCUT2D eigenvalue weighted by atomic mass is 79.9. The molecule has 2 rings (SSSR count). The van der Waals surface area contributed by atoms with Gasteiger partial charge in [0.2, 0.25) is 0 Å². The maximum atomic E-state index is 12.2. The molecule has 5 nitrogen and oxygen atoms in total. The van der Waals surface area contributed by atoms with Gasteiger partial charge in [0.15, 0.2) is 0 Å². The first-order valence-corrected chi connectivity index (χ1v) is 7.91. The van der Waals surface area contributed by atoms with Crippen molar-refractivity contribution >= 4 is 44.2 Å². The van der Waals surface area contributed by atoms with Crippen molar-refractivity contribution in [3.8, 4) is 0 Å². The fourth-order valence-electron chi connectivity index (χ4n) is 1.64. The highest BCUT2D eigenvalue weighted by Crippen LogP contribution is 2.23. The SMILES string of the molecule is O=S(=O)(Nc1cccc(B(O)O)c1)c1ccccc1Br. The second-order valence-electron chi connectivity index (χ2n) is 4.04. The van der Waals surface area contributed by atoms with E-state index in [9.17, 15) is 8.42 Å². The summed E-state index contributed by atoms with van der Waals surface area (Å²) in [5.74, 6) is 0. The number of anilines is 1. The van der Waals surface area contributed by atoms with Crippen molar-refractivity contribution in [2.24, 2.45) is 0 Å². The summed E-state index contributed by atoms with van der Waals surface area (Å²) < 4.78 is 27.3. The predicted molar refractivity (Wildman–Crippen MR) is 81.2 cm³/mol. The van der Waals surface area contributed by atoms with E-state index in [1.807, 2.05) is 0 Å². The fourth-order valence-corrected chi connectivity index (χ4v) is 3.69. The molecule has 0 saturated carbocycles. The summed E-state index contributed by atoms with van der Waals surface area (Å²) in [6.07, 6.45) is 0. The van der Waals surface area contributed by atoms with Gasteiger partial charge < -0.3 is 10.0 Å². The van der Waals surface area contributed by atoms with E-state index < -0.39 is 17.1 Å². The van der Waals surface area contributed by atoms with Crippen LogP contribution in [-0.4, -0.2) is 25.6 Å². The molecule has 0 fully saturated rings. The number of hydrogen-bond acceptors (Lipinski definition) is 4. The number of sulfonamides is 1. The van der Waals surface area contributed by atoms with Gasteiger partial charge in [-0.25, -0.2) is 8.42 Å². The Morgan fingerprint density at radius 3 is 2.40 bits per heavy atom. The topological polar surface area (TPSA) is 86.6 Å². The van der Waals surface area contributed by atoms with E-state index in [4.69, 9.17) is 10.0 Å². The van der Waals surface area contributed by atoms with Crippen LogP contribution in [0.2, 0.25) is 0 Å². The van der Waals surface area contributed by atoms with Crippen molar-refractivity contribution in [1.29, 1.82) is 0 Å². The van der Waals surface area contributed by atoms with Crippen molar-refractivity contribution in [3.05, 3.63) is 53.0 Å². The van der Waals surface area contributed by atoms with Crippen LogP contribution in [0.5, 0.6) is 0 Å². The van der Waals surface area contributed by atoms with Gasteiger partial charge in [0.25, 0.3) is 10.0 Å². The molecule has 0 saturated heterocycles. The number of rotatable bonds is 4. The zero-order valence-electron chi connectivity index (χ0n) is 10.2. The normalized spacial score (nSPS) is 11.2. The molecule has 0 aliphatic carbocycles. The summed E-state index contributed by atoms with van der Waals surface area (Å²) in [5.41, 5.74) is 0.462. The first-order chi connectivity index (χ1) is 9.40. The van der Waals surface area contributed by atoms with Crippen LogP contribution >= 0.6 is 15.9 Å². The second-order valence-corrected chi connectivity index (χ2v) is 6.54. The van der Waals surface area contributed by atoms with E-state index in [0.717, 1.165) is 0 Å². The maximum absolute atomic E-state index is 12.2. The Labute approximate surface area is 125 Å². The summed E-state index contributed by atoms with van der Waals surface area (Å²) in [7, 11) is -5.40. The molecule has 0 unspecified atom stereocenters. The molecule has 0 heterocycles. The van der Waals surface area contributed by atoms with Gasteiger partial charge in [-0.3, -0.25) is 4.72 Å². The molecular weight excluding hydrogens is 345 g/mol. The molecular formula is C12H11BBrNO4S. The van der Waals surface area contributed by atoms with Crippen molar-refractivity contribution < 1.29 is 18.5 Å². The molecule has 3 N–H and O–H groups in total. The minimum Gasteiger partial charge on any atom is -0.423 e. The number of benzene rings is 2.